The van der Waals surface area contributed by atoms with E-state index in [-0.39, 0.29) is 15.7 Å². The van der Waals surface area contributed by atoms with Crippen LogP contribution >= 0.6 is 23.2 Å². The van der Waals surface area contributed by atoms with E-state index in [0.29, 0.717) is 0 Å². The van der Waals surface area contributed by atoms with E-state index in [0.717, 1.165) is 28.5 Å². The van der Waals surface area contributed by atoms with Gasteiger partial charge in [0.25, 0.3) is 10.1 Å². The summed E-state index contributed by atoms with van der Waals surface area (Å²) in [5, 5.41) is 4.47. The maximum atomic E-state index is 12.2. The van der Waals surface area contributed by atoms with E-state index in [1.54, 1.807) is 6.08 Å². The minimum absolute atomic E-state index is 0.0397. The Balaban J connectivity index is 1.85. The molecule has 0 saturated carbocycles. The number of hydrogen-bond acceptors (Lipinski definition) is 3. The monoisotopic (exact) mass is 421 g/mol. The van der Waals surface area contributed by atoms with Gasteiger partial charge < -0.3 is 5.32 Å². The zero-order valence-corrected chi connectivity index (χ0v) is 16.0. The number of halogens is 2. The summed E-state index contributed by atoms with van der Waals surface area (Å²) >= 11 is 11.7. The third kappa shape index (κ3) is 4.67. The largest absolute Gasteiger partial charge is 0.321 e. The van der Waals surface area contributed by atoms with Gasteiger partial charge in [-0.25, -0.2) is 0 Å². The number of rotatable bonds is 4. The Morgan fingerprint density at radius 1 is 0.963 bits per heavy atom. The highest BCUT2D eigenvalue weighted by atomic mass is 35.5. The van der Waals surface area contributed by atoms with Gasteiger partial charge in [-0.1, -0.05) is 59.6 Å². The average molecular weight is 422 g/mol. The van der Waals surface area contributed by atoms with E-state index >= 15 is 0 Å². The number of fused-ring (bicyclic) bond motifs is 1. The minimum Gasteiger partial charge on any atom is -0.321 e. The lowest BCUT2D eigenvalue weighted by Crippen LogP contribution is -2.12. The van der Waals surface area contributed by atoms with E-state index < -0.39 is 20.9 Å². The third-order valence-electron chi connectivity index (χ3n) is 3.76. The summed E-state index contributed by atoms with van der Waals surface area (Å²) in [5.74, 6) is -0.591. The van der Waals surface area contributed by atoms with Crippen molar-refractivity contribution in [2.45, 2.75) is 4.90 Å². The lowest BCUT2D eigenvalue weighted by molar-refractivity contribution is -0.111. The van der Waals surface area contributed by atoms with Gasteiger partial charge in [0, 0.05) is 6.08 Å². The van der Waals surface area contributed by atoms with E-state index in [2.05, 4.69) is 5.32 Å². The topological polar surface area (TPSA) is 83.5 Å². The standard InChI is InChI=1S/C19H13Cl2NO4S/c20-15-10-17(18(11-16(15)21)27(24,25)26)22-19(23)8-6-12-5-7-13-3-1-2-4-14(13)9-12/h1-11H,(H,22,23)(H,24,25,26)/b8-6+. The number of carbonyl (C=O) groups is 1. The van der Waals surface area contributed by atoms with Crippen LogP contribution in [0.2, 0.25) is 10.0 Å². The van der Waals surface area contributed by atoms with Crippen molar-refractivity contribution in [2.24, 2.45) is 0 Å². The van der Waals surface area contributed by atoms with E-state index in [1.165, 1.54) is 6.08 Å². The lowest BCUT2D eigenvalue weighted by Gasteiger charge is -2.09. The molecule has 0 saturated heterocycles. The molecule has 0 heterocycles. The van der Waals surface area contributed by atoms with Crippen molar-refractivity contribution in [1.82, 2.24) is 0 Å². The van der Waals surface area contributed by atoms with Crippen LogP contribution < -0.4 is 5.32 Å². The zero-order chi connectivity index (χ0) is 19.6. The fourth-order valence-corrected chi connectivity index (χ4v) is 3.54. The fourth-order valence-electron chi connectivity index (χ4n) is 2.50. The first kappa shape index (κ1) is 19.4. The SMILES string of the molecule is O=C(/C=C/c1ccc2ccccc2c1)Nc1cc(Cl)c(Cl)cc1S(=O)(=O)O. The summed E-state index contributed by atoms with van der Waals surface area (Å²) in [6, 6.07) is 15.6. The van der Waals surface area contributed by atoms with Crippen LogP contribution in [-0.2, 0) is 14.9 Å². The van der Waals surface area contributed by atoms with Crippen LogP contribution in [-0.4, -0.2) is 18.9 Å². The van der Waals surface area contributed by atoms with Crippen LogP contribution in [0.15, 0.2) is 65.6 Å². The normalized spacial score (nSPS) is 11.8. The van der Waals surface area contributed by atoms with Crippen molar-refractivity contribution in [3.8, 4) is 0 Å². The molecule has 0 aliphatic carbocycles. The predicted octanol–water partition coefficient (Wildman–Crippen LogP) is 5.05. The molecule has 0 radical (unpaired) electrons. The first-order valence-corrected chi connectivity index (χ1v) is 9.88. The van der Waals surface area contributed by atoms with Crippen LogP contribution in [0, 0.1) is 0 Å². The molecule has 0 fully saturated rings. The van der Waals surface area contributed by atoms with Crippen molar-refractivity contribution in [3.63, 3.8) is 0 Å². The molecule has 0 atom stereocenters. The summed E-state index contributed by atoms with van der Waals surface area (Å²) in [4.78, 5) is 11.6. The number of benzene rings is 3. The number of nitrogens with one attached hydrogen (secondary N) is 1. The highest BCUT2D eigenvalue weighted by molar-refractivity contribution is 7.86. The molecule has 8 heteroatoms. The van der Waals surface area contributed by atoms with Gasteiger partial charge in [-0.05, 0) is 40.6 Å². The molecule has 0 aliphatic heterocycles. The van der Waals surface area contributed by atoms with Gasteiger partial charge in [0.05, 0.1) is 15.7 Å². The number of hydrogen-bond donors (Lipinski definition) is 2. The molecular formula is C19H13Cl2NO4S. The third-order valence-corrected chi connectivity index (χ3v) is 5.37. The molecule has 1 amide bonds. The molecule has 3 aromatic rings. The van der Waals surface area contributed by atoms with Crippen LogP contribution in [0.25, 0.3) is 16.8 Å². The molecule has 0 aliphatic rings. The van der Waals surface area contributed by atoms with Gasteiger partial charge in [0.15, 0.2) is 0 Å². The van der Waals surface area contributed by atoms with Gasteiger partial charge in [-0.15, -0.1) is 0 Å². The Morgan fingerprint density at radius 3 is 2.33 bits per heavy atom. The first-order valence-electron chi connectivity index (χ1n) is 7.68. The average Bonchev–Trinajstić information content (AvgIpc) is 2.61. The van der Waals surface area contributed by atoms with Crippen LogP contribution in [0.1, 0.15) is 5.56 Å². The second kappa shape index (κ2) is 7.70. The molecule has 138 valence electrons. The number of anilines is 1. The Bertz CT molecular complexity index is 1170. The van der Waals surface area contributed by atoms with Gasteiger partial charge >= 0.3 is 0 Å². The van der Waals surface area contributed by atoms with E-state index in [4.69, 9.17) is 23.2 Å². The molecule has 0 spiro atoms. The Morgan fingerprint density at radius 2 is 1.63 bits per heavy atom. The van der Waals surface area contributed by atoms with Crippen LogP contribution in [0.3, 0.4) is 0 Å². The molecule has 3 rings (SSSR count). The molecule has 0 aromatic heterocycles. The summed E-state index contributed by atoms with van der Waals surface area (Å²) in [5.41, 5.74) is 0.632. The predicted molar refractivity (Wildman–Crippen MR) is 108 cm³/mol. The van der Waals surface area contributed by atoms with E-state index in [1.807, 2.05) is 42.5 Å². The molecule has 0 unspecified atom stereocenters. The molecule has 5 nitrogen and oxygen atoms in total. The number of carbonyl (C=O) groups excluding carboxylic acids is 1. The molecule has 0 bridgehead atoms. The summed E-state index contributed by atoms with van der Waals surface area (Å²) in [6.45, 7) is 0. The Kier molecular flexibility index (Phi) is 5.53. The highest BCUT2D eigenvalue weighted by Gasteiger charge is 2.19. The molecule has 2 N–H and O–H groups in total. The maximum Gasteiger partial charge on any atom is 0.296 e. The van der Waals surface area contributed by atoms with Gasteiger partial charge in [-0.3, -0.25) is 9.35 Å². The van der Waals surface area contributed by atoms with Crippen LogP contribution in [0.4, 0.5) is 5.69 Å². The first-order chi connectivity index (χ1) is 12.7. The van der Waals surface area contributed by atoms with Gasteiger partial charge in [0.2, 0.25) is 5.91 Å². The second-order valence-corrected chi connectivity index (χ2v) is 7.87. The van der Waals surface area contributed by atoms with Crippen molar-refractivity contribution in [1.29, 1.82) is 0 Å². The highest BCUT2D eigenvalue weighted by Crippen LogP contribution is 2.32. The Labute approximate surface area is 166 Å². The zero-order valence-electron chi connectivity index (χ0n) is 13.7. The minimum atomic E-state index is -4.59. The smallest absolute Gasteiger partial charge is 0.296 e. The quantitative estimate of drug-likeness (QED) is 0.456. The summed E-state index contributed by atoms with van der Waals surface area (Å²) < 4.78 is 32.3. The molecule has 3 aromatic carbocycles. The summed E-state index contributed by atoms with van der Waals surface area (Å²) in [6.07, 6.45) is 2.84. The molecule has 27 heavy (non-hydrogen) atoms. The number of amides is 1. The molecular weight excluding hydrogens is 409 g/mol. The van der Waals surface area contributed by atoms with Gasteiger partial charge in [-0.2, -0.15) is 8.42 Å². The maximum absolute atomic E-state index is 12.2. The van der Waals surface area contributed by atoms with Crippen molar-refractivity contribution in [3.05, 3.63) is 76.3 Å². The van der Waals surface area contributed by atoms with Crippen molar-refractivity contribution in [2.75, 3.05) is 5.32 Å². The summed E-state index contributed by atoms with van der Waals surface area (Å²) in [7, 11) is -4.59. The van der Waals surface area contributed by atoms with Crippen LogP contribution in [0.5, 0.6) is 0 Å². The lowest BCUT2D eigenvalue weighted by atomic mass is 10.1. The Hall–Kier alpha value is -2.38. The van der Waals surface area contributed by atoms with Gasteiger partial charge in [0.1, 0.15) is 4.90 Å². The van der Waals surface area contributed by atoms with Crippen molar-refractivity contribution >= 4 is 61.8 Å². The van der Waals surface area contributed by atoms with Crippen molar-refractivity contribution < 1.29 is 17.8 Å². The van der Waals surface area contributed by atoms with E-state index in [9.17, 15) is 17.8 Å². The second-order valence-electron chi connectivity index (χ2n) is 5.67. The fraction of sp³-hybridized carbons (Fsp3) is 0.